The van der Waals surface area contributed by atoms with Gasteiger partial charge in [0.05, 0.1) is 5.52 Å². The Morgan fingerprint density at radius 3 is 2.89 bits per heavy atom. The number of carbonyl (C=O) groups excluding carboxylic acids is 1. The summed E-state index contributed by atoms with van der Waals surface area (Å²) >= 11 is 0. The Morgan fingerprint density at radius 2 is 2.11 bits per heavy atom. The van der Waals surface area contributed by atoms with Crippen LogP contribution in [0.25, 0.3) is 10.9 Å². The van der Waals surface area contributed by atoms with Crippen molar-refractivity contribution in [1.29, 1.82) is 0 Å². The lowest BCUT2D eigenvalue weighted by molar-refractivity contribution is 0.0785. The van der Waals surface area contributed by atoms with Gasteiger partial charge in [-0.3, -0.25) is 4.79 Å². The van der Waals surface area contributed by atoms with Gasteiger partial charge in [0.2, 0.25) is 0 Å². The number of hydrogen-bond donors (Lipinski definition) is 1. The lowest BCUT2D eigenvalue weighted by atomic mass is 10.2. The van der Waals surface area contributed by atoms with E-state index in [-0.39, 0.29) is 11.9 Å². The summed E-state index contributed by atoms with van der Waals surface area (Å²) in [6.45, 7) is 1.36. The van der Waals surface area contributed by atoms with Gasteiger partial charge < -0.3 is 10.6 Å². The van der Waals surface area contributed by atoms with E-state index in [4.69, 9.17) is 5.73 Å². The summed E-state index contributed by atoms with van der Waals surface area (Å²) < 4.78 is 0. The molecule has 1 saturated heterocycles. The second-order valence-electron chi connectivity index (χ2n) is 4.69. The van der Waals surface area contributed by atoms with Crippen LogP contribution in [0, 0.1) is 0 Å². The summed E-state index contributed by atoms with van der Waals surface area (Å²) in [6.07, 6.45) is 0.874. The number of benzene rings is 1. The van der Waals surface area contributed by atoms with E-state index in [1.165, 1.54) is 0 Å². The Bertz CT molecular complexity index is 596. The summed E-state index contributed by atoms with van der Waals surface area (Å²) in [6, 6.07) is 11.6. The molecule has 1 aliphatic heterocycles. The first-order valence-corrected chi connectivity index (χ1v) is 6.15. The maximum atomic E-state index is 12.2. The van der Waals surface area contributed by atoms with Gasteiger partial charge in [-0.25, -0.2) is 4.98 Å². The average Bonchev–Trinajstić information content (AvgIpc) is 2.84. The lowest BCUT2D eigenvalue weighted by Crippen LogP contribution is -2.32. The first-order chi connectivity index (χ1) is 8.74. The first-order valence-electron chi connectivity index (χ1n) is 6.15. The van der Waals surface area contributed by atoms with Crippen molar-refractivity contribution in [3.8, 4) is 0 Å². The number of hydrogen-bond acceptors (Lipinski definition) is 3. The summed E-state index contributed by atoms with van der Waals surface area (Å²) in [5, 5.41) is 1.05. The molecule has 2 heterocycles. The van der Waals surface area contributed by atoms with Gasteiger partial charge in [-0.2, -0.15) is 0 Å². The molecule has 3 rings (SSSR count). The van der Waals surface area contributed by atoms with Crippen LogP contribution in [0.4, 0.5) is 0 Å². The highest BCUT2D eigenvalue weighted by molar-refractivity contribution is 5.95. The molecule has 1 aromatic heterocycles. The van der Waals surface area contributed by atoms with Crippen LogP contribution in [0.2, 0.25) is 0 Å². The minimum Gasteiger partial charge on any atom is -0.336 e. The number of aromatic nitrogens is 1. The van der Waals surface area contributed by atoms with Gasteiger partial charge in [0.25, 0.3) is 5.91 Å². The lowest BCUT2D eigenvalue weighted by Gasteiger charge is -2.15. The van der Waals surface area contributed by atoms with Crippen LogP contribution in [0.1, 0.15) is 16.9 Å². The van der Waals surface area contributed by atoms with Gasteiger partial charge in [-0.1, -0.05) is 24.3 Å². The van der Waals surface area contributed by atoms with Crippen LogP contribution in [-0.4, -0.2) is 34.9 Å². The molecular weight excluding hydrogens is 226 g/mol. The molecule has 0 spiro atoms. The highest BCUT2D eigenvalue weighted by Gasteiger charge is 2.25. The fourth-order valence-corrected chi connectivity index (χ4v) is 2.32. The monoisotopic (exact) mass is 241 g/mol. The van der Waals surface area contributed by atoms with Crippen LogP contribution in [-0.2, 0) is 0 Å². The summed E-state index contributed by atoms with van der Waals surface area (Å²) in [7, 11) is 0. The van der Waals surface area contributed by atoms with Crippen molar-refractivity contribution in [2.45, 2.75) is 12.5 Å². The van der Waals surface area contributed by atoms with E-state index in [9.17, 15) is 4.79 Å². The van der Waals surface area contributed by atoms with Gasteiger partial charge in [0.15, 0.2) is 0 Å². The largest absolute Gasteiger partial charge is 0.336 e. The molecule has 0 aliphatic carbocycles. The standard InChI is InChI=1S/C14H15N3O/c15-11-7-8-17(9-11)14(18)13-6-5-10-3-1-2-4-12(10)16-13/h1-6,11H,7-9,15H2. The van der Waals surface area contributed by atoms with Crippen molar-refractivity contribution in [3.63, 3.8) is 0 Å². The molecular formula is C14H15N3O. The maximum absolute atomic E-state index is 12.2. The first kappa shape index (κ1) is 11.2. The van der Waals surface area contributed by atoms with Crippen molar-refractivity contribution in [1.82, 2.24) is 9.88 Å². The van der Waals surface area contributed by atoms with Crippen LogP contribution in [0.15, 0.2) is 36.4 Å². The van der Waals surface area contributed by atoms with E-state index in [1.54, 1.807) is 11.0 Å². The maximum Gasteiger partial charge on any atom is 0.272 e. The van der Waals surface area contributed by atoms with Gasteiger partial charge in [0, 0.05) is 24.5 Å². The third-order valence-corrected chi connectivity index (χ3v) is 3.33. The van der Waals surface area contributed by atoms with Crippen LogP contribution < -0.4 is 5.73 Å². The zero-order valence-electron chi connectivity index (χ0n) is 10.0. The average molecular weight is 241 g/mol. The van der Waals surface area contributed by atoms with Crippen molar-refractivity contribution in [3.05, 3.63) is 42.1 Å². The number of nitrogens with two attached hydrogens (primary N) is 1. The molecule has 1 fully saturated rings. The van der Waals surface area contributed by atoms with E-state index < -0.39 is 0 Å². The zero-order chi connectivity index (χ0) is 12.5. The number of para-hydroxylation sites is 1. The zero-order valence-corrected chi connectivity index (χ0v) is 10.0. The number of fused-ring (bicyclic) bond motifs is 1. The molecule has 1 atom stereocenters. The smallest absolute Gasteiger partial charge is 0.272 e. The fourth-order valence-electron chi connectivity index (χ4n) is 2.32. The van der Waals surface area contributed by atoms with Gasteiger partial charge in [-0.15, -0.1) is 0 Å². The summed E-state index contributed by atoms with van der Waals surface area (Å²) in [5.41, 5.74) is 7.17. The number of pyridine rings is 1. The molecule has 18 heavy (non-hydrogen) atoms. The van der Waals surface area contributed by atoms with E-state index in [0.717, 1.165) is 23.9 Å². The Balaban J connectivity index is 1.92. The molecule has 0 saturated carbocycles. The van der Waals surface area contributed by atoms with Crippen molar-refractivity contribution in [2.75, 3.05) is 13.1 Å². The fraction of sp³-hybridized carbons (Fsp3) is 0.286. The second-order valence-corrected chi connectivity index (χ2v) is 4.69. The Morgan fingerprint density at radius 1 is 1.28 bits per heavy atom. The predicted molar refractivity (Wildman–Crippen MR) is 70.2 cm³/mol. The van der Waals surface area contributed by atoms with Crippen molar-refractivity contribution < 1.29 is 4.79 Å². The number of likely N-dealkylation sites (tertiary alicyclic amines) is 1. The minimum absolute atomic E-state index is 0.0197. The molecule has 0 bridgehead atoms. The van der Waals surface area contributed by atoms with E-state index in [1.807, 2.05) is 30.3 Å². The Kier molecular flexibility index (Phi) is 2.72. The van der Waals surface area contributed by atoms with Crippen molar-refractivity contribution >= 4 is 16.8 Å². The highest BCUT2D eigenvalue weighted by Crippen LogP contribution is 2.15. The Labute approximate surface area is 105 Å². The second kappa shape index (κ2) is 4.38. The van der Waals surface area contributed by atoms with Crippen molar-refractivity contribution in [2.24, 2.45) is 5.73 Å². The predicted octanol–water partition coefficient (Wildman–Crippen LogP) is 1.41. The normalized spacial score (nSPS) is 19.4. The molecule has 2 N–H and O–H groups in total. The van der Waals surface area contributed by atoms with Crippen LogP contribution in [0.5, 0.6) is 0 Å². The van der Waals surface area contributed by atoms with E-state index in [2.05, 4.69) is 4.98 Å². The molecule has 4 nitrogen and oxygen atoms in total. The molecule has 1 unspecified atom stereocenters. The minimum atomic E-state index is -0.0197. The van der Waals surface area contributed by atoms with Crippen LogP contribution >= 0.6 is 0 Å². The SMILES string of the molecule is NC1CCN(C(=O)c2ccc3ccccc3n2)C1. The molecule has 92 valence electrons. The Hall–Kier alpha value is -1.94. The van der Waals surface area contributed by atoms with Gasteiger partial charge >= 0.3 is 0 Å². The highest BCUT2D eigenvalue weighted by atomic mass is 16.2. The molecule has 0 radical (unpaired) electrons. The molecule has 1 amide bonds. The van der Waals surface area contributed by atoms with Gasteiger partial charge in [-0.05, 0) is 18.6 Å². The number of rotatable bonds is 1. The number of carbonyl (C=O) groups is 1. The molecule has 1 aromatic carbocycles. The summed E-state index contributed by atoms with van der Waals surface area (Å²) in [4.78, 5) is 18.4. The number of amides is 1. The number of nitrogens with zero attached hydrogens (tertiary/aromatic N) is 2. The molecule has 1 aliphatic rings. The summed E-state index contributed by atoms with van der Waals surface area (Å²) in [5.74, 6) is -0.0197. The quantitative estimate of drug-likeness (QED) is 0.821. The van der Waals surface area contributed by atoms with Gasteiger partial charge in [0.1, 0.15) is 5.69 Å². The van der Waals surface area contributed by atoms with E-state index in [0.29, 0.717) is 12.2 Å². The molecule has 2 aromatic rings. The molecule has 4 heteroatoms. The third-order valence-electron chi connectivity index (χ3n) is 3.33. The third kappa shape index (κ3) is 1.95. The van der Waals surface area contributed by atoms with Crippen LogP contribution in [0.3, 0.4) is 0 Å². The topological polar surface area (TPSA) is 59.2 Å². The van der Waals surface area contributed by atoms with E-state index >= 15 is 0 Å².